The fourth-order valence-electron chi connectivity index (χ4n) is 6.61. The van der Waals surface area contributed by atoms with Gasteiger partial charge in [-0.25, -0.2) is 6.08 Å². The number of allylic oxidation sites excluding steroid dienone is 4. The Morgan fingerprint density at radius 1 is 0.518 bits per heavy atom. The van der Waals surface area contributed by atoms with Crippen molar-refractivity contribution in [2.75, 3.05) is 0 Å². The molecule has 1 atom stereocenters. The second kappa shape index (κ2) is 19.1. The summed E-state index contributed by atoms with van der Waals surface area (Å²) in [7, 11) is 0. The molecule has 3 heteroatoms. The van der Waals surface area contributed by atoms with Gasteiger partial charge in [-0.15, -0.1) is 39.7 Å². The van der Waals surface area contributed by atoms with E-state index >= 15 is 0 Å². The van der Waals surface area contributed by atoms with Gasteiger partial charge in [0.15, 0.2) is 0 Å². The molecule has 6 rings (SSSR count). The van der Waals surface area contributed by atoms with E-state index in [0.717, 1.165) is 0 Å². The summed E-state index contributed by atoms with van der Waals surface area (Å²) in [5, 5.41) is 5.48. The van der Waals surface area contributed by atoms with Crippen molar-refractivity contribution in [3.63, 3.8) is 0 Å². The Bertz CT molecular complexity index is 1970. The first kappa shape index (κ1) is 49.7. The van der Waals surface area contributed by atoms with E-state index in [0.29, 0.717) is 11.3 Å². The second-order valence-electron chi connectivity index (χ2n) is 20.5. The van der Waals surface area contributed by atoms with Crippen molar-refractivity contribution in [1.29, 1.82) is 0 Å². The van der Waals surface area contributed by atoms with Crippen LogP contribution in [-0.2, 0) is 45.9 Å². The molecular weight excluding hydrogens is 799 g/mol. The average molecular weight is 867 g/mol. The first-order chi connectivity index (χ1) is 24.8. The van der Waals surface area contributed by atoms with Gasteiger partial charge in [-0.1, -0.05) is 122 Å². The van der Waals surface area contributed by atoms with Gasteiger partial charge in [0, 0.05) is 0 Å². The zero-order chi connectivity index (χ0) is 40.4. The molecule has 0 saturated carbocycles. The van der Waals surface area contributed by atoms with Crippen LogP contribution in [0, 0.1) is 17.4 Å². The van der Waals surface area contributed by atoms with Crippen molar-refractivity contribution in [3.8, 4) is 0 Å². The average Bonchev–Trinajstić information content (AvgIpc) is 3.72. The molecule has 5 aromatic carbocycles. The first-order valence-corrected chi connectivity index (χ1v) is 21.3. The van der Waals surface area contributed by atoms with Gasteiger partial charge in [0.05, 0.1) is 0 Å². The molecule has 0 amide bonds. The van der Waals surface area contributed by atoms with Crippen LogP contribution in [0.15, 0.2) is 109 Å². The zero-order valence-electron chi connectivity index (χ0n) is 37.4. The third-order valence-corrected chi connectivity index (χ3v) is 12.1. The minimum atomic E-state index is 0. The van der Waals surface area contributed by atoms with Crippen molar-refractivity contribution in [1.82, 2.24) is 0 Å². The molecule has 0 N–H and O–H groups in total. The number of rotatable bonds is 3. The molecule has 0 radical (unpaired) electrons. The minimum absolute atomic E-state index is 0. The van der Waals surface area contributed by atoms with Gasteiger partial charge < -0.3 is 24.8 Å². The number of fused-ring (bicyclic) bond motifs is 3. The van der Waals surface area contributed by atoms with E-state index in [9.17, 15) is 0 Å². The van der Waals surface area contributed by atoms with Crippen LogP contribution in [0.4, 0.5) is 0 Å². The Morgan fingerprint density at radius 3 is 1.12 bits per heavy atom. The molecule has 1 aliphatic rings. The molecule has 0 heterocycles. The standard InChI is InChI=1S/C21H25.C21H26.C11H17.2ClH.Zr/c1-20(2,3)16-7-9-18-14(12-16)11-15-13-17(21(4,5)6)8-10-19(15)18;1-20(2,3)18-11-7-16(8-12-18)15-17-9-13-19(14-10-17)21(4,5)6;1-5-9-6-7-10(8-9)11(2,3)4;;;/h7-13H,1-6H3;7-14H,1-6H3;7-9H,5H2,1-4H3;2*1H;/q-1;;-1;;;+2/p-2. The van der Waals surface area contributed by atoms with Gasteiger partial charge in [0.1, 0.15) is 0 Å². The summed E-state index contributed by atoms with van der Waals surface area (Å²) in [4.78, 5) is 0. The molecule has 300 valence electrons. The van der Waals surface area contributed by atoms with Crippen LogP contribution in [0.1, 0.15) is 151 Å². The predicted octanol–water partition coefficient (Wildman–Crippen LogP) is 9.07. The van der Waals surface area contributed by atoms with E-state index < -0.39 is 0 Å². The molecule has 0 aliphatic heterocycles. The Labute approximate surface area is 369 Å². The summed E-state index contributed by atoms with van der Waals surface area (Å²) in [5.41, 5.74) is 10.9. The van der Waals surface area contributed by atoms with E-state index in [4.69, 9.17) is 0 Å². The number of halogens is 2. The van der Waals surface area contributed by atoms with Gasteiger partial charge in [-0.2, -0.15) is 11.6 Å². The number of hydrogen-bond acceptors (Lipinski definition) is 0. The van der Waals surface area contributed by atoms with Crippen LogP contribution in [0.25, 0.3) is 21.5 Å². The predicted molar refractivity (Wildman–Crippen MR) is 237 cm³/mol. The number of benzene rings is 4. The smallest absolute Gasteiger partial charge is 0.0202 e. The monoisotopic (exact) mass is 864 g/mol. The van der Waals surface area contributed by atoms with Crippen LogP contribution in [0.2, 0.25) is 0 Å². The summed E-state index contributed by atoms with van der Waals surface area (Å²) in [5.74, 6) is 0.573. The third-order valence-electron chi connectivity index (χ3n) is 10.7. The number of hydrogen-bond donors (Lipinski definition) is 0. The van der Waals surface area contributed by atoms with Crippen molar-refractivity contribution in [2.45, 2.75) is 139 Å². The minimum Gasteiger partial charge on any atom is -1.00 e. The summed E-state index contributed by atoms with van der Waals surface area (Å²) >= 11 is 1.46. The van der Waals surface area contributed by atoms with Crippen LogP contribution >= 0.6 is 0 Å². The topological polar surface area (TPSA) is 0 Å². The molecule has 1 unspecified atom stereocenters. The van der Waals surface area contributed by atoms with E-state index in [1.165, 1.54) is 94.4 Å². The fraction of sp³-hybridized carbons (Fsp3) is 0.434. The maximum Gasteiger partial charge on any atom is -0.0202 e. The van der Waals surface area contributed by atoms with Crippen molar-refractivity contribution in [2.24, 2.45) is 11.3 Å². The van der Waals surface area contributed by atoms with Crippen LogP contribution in [0.3, 0.4) is 0 Å². The Hall–Kier alpha value is -2.44. The molecular formula is C53H68Cl2Zr-2. The van der Waals surface area contributed by atoms with Gasteiger partial charge in [-0.05, 0) is 10.8 Å². The van der Waals surface area contributed by atoms with Crippen LogP contribution < -0.4 is 24.8 Å². The molecule has 0 saturated heterocycles. The first-order valence-electron chi connectivity index (χ1n) is 20.0. The maximum atomic E-state index is 3.35. The summed E-state index contributed by atoms with van der Waals surface area (Å²) in [6.45, 7) is 36.1. The van der Waals surface area contributed by atoms with Gasteiger partial charge in [0.25, 0.3) is 0 Å². The molecule has 0 aromatic heterocycles. The van der Waals surface area contributed by atoms with Crippen molar-refractivity contribution >= 4 is 24.8 Å². The Morgan fingerprint density at radius 2 is 0.857 bits per heavy atom. The SMILES string of the molecule is CC(C)(C)c1ccc([C](=[Zr+2])c2ccc(C(C)(C)C)cc2)cc1.CC(C)(C)c1ccc2c(c1)[cH-]c1cc(C(C)(C)C)ccc12.CCC1[C-]=CC(C(C)(C)C)=C1.[Cl-].[Cl-]. The van der Waals surface area contributed by atoms with Gasteiger partial charge in [0.2, 0.25) is 0 Å². The van der Waals surface area contributed by atoms with Crippen LogP contribution in [-0.4, -0.2) is 3.21 Å². The van der Waals surface area contributed by atoms with Crippen molar-refractivity contribution in [3.05, 3.63) is 148 Å². The summed E-state index contributed by atoms with van der Waals surface area (Å²) < 4.78 is 1.42. The molecule has 0 nitrogen and oxygen atoms in total. The van der Waals surface area contributed by atoms with Gasteiger partial charge >= 0.3 is 151 Å². The Kier molecular flexibility index (Phi) is 16.9. The normalized spacial score (nSPS) is 14.5. The molecule has 0 fully saturated rings. The largest absolute Gasteiger partial charge is 1.00 e. The molecule has 0 spiro atoms. The maximum absolute atomic E-state index is 3.35. The third kappa shape index (κ3) is 13.0. The van der Waals surface area contributed by atoms with E-state index in [2.05, 4.69) is 220 Å². The molecule has 56 heavy (non-hydrogen) atoms. The van der Waals surface area contributed by atoms with Crippen LogP contribution in [0.5, 0.6) is 0 Å². The zero-order valence-corrected chi connectivity index (χ0v) is 41.3. The van der Waals surface area contributed by atoms with E-state index in [1.807, 2.05) is 0 Å². The quantitative estimate of drug-likeness (QED) is 0.159. The molecule has 5 aromatic rings. The van der Waals surface area contributed by atoms with Crippen molar-refractivity contribution < 1.29 is 49.0 Å². The molecule has 1 aliphatic carbocycles. The molecule has 0 bridgehead atoms. The summed E-state index contributed by atoms with van der Waals surface area (Å²) in [6, 6.07) is 34.3. The van der Waals surface area contributed by atoms with E-state index in [-0.39, 0.29) is 46.5 Å². The van der Waals surface area contributed by atoms with E-state index in [1.54, 1.807) is 0 Å². The Balaban J connectivity index is 0.000000300. The summed E-state index contributed by atoms with van der Waals surface area (Å²) in [6.07, 6.45) is 9.00. The fourth-order valence-corrected chi connectivity index (χ4v) is 7.43. The van der Waals surface area contributed by atoms with Gasteiger partial charge in [-0.3, -0.25) is 6.08 Å². The second-order valence-corrected chi connectivity index (χ2v) is 21.7.